The standard InChI is InChI=1S/C17H21Cl2NO3/c1-10(14-8-7-13(18)9-15(14)19)20-16(21)11(2)23-17(22)12-5-3-4-6-12/h7-12H,3-6H2,1-2H3,(H,20,21)/t10-,11+/m0/s1. The number of rotatable bonds is 5. The van der Waals surface area contributed by atoms with E-state index in [-0.39, 0.29) is 23.8 Å². The number of halogens is 2. The quantitative estimate of drug-likeness (QED) is 0.799. The van der Waals surface area contributed by atoms with Gasteiger partial charge in [-0.05, 0) is 44.4 Å². The molecule has 2 rings (SSSR count). The van der Waals surface area contributed by atoms with E-state index in [4.69, 9.17) is 27.9 Å². The summed E-state index contributed by atoms with van der Waals surface area (Å²) >= 11 is 12.0. The van der Waals surface area contributed by atoms with E-state index in [0.29, 0.717) is 10.0 Å². The molecule has 1 amide bonds. The summed E-state index contributed by atoms with van der Waals surface area (Å²) < 4.78 is 5.28. The Morgan fingerprint density at radius 1 is 1.22 bits per heavy atom. The number of ether oxygens (including phenoxy) is 1. The lowest BCUT2D eigenvalue weighted by molar-refractivity contribution is -0.158. The lowest BCUT2D eigenvalue weighted by atomic mass is 10.1. The molecule has 1 N–H and O–H groups in total. The van der Waals surface area contributed by atoms with Gasteiger partial charge in [0.1, 0.15) is 0 Å². The van der Waals surface area contributed by atoms with Crippen LogP contribution in [0.1, 0.15) is 51.1 Å². The molecule has 0 unspecified atom stereocenters. The first-order valence-electron chi connectivity index (χ1n) is 7.84. The number of benzene rings is 1. The van der Waals surface area contributed by atoms with Crippen molar-refractivity contribution in [3.05, 3.63) is 33.8 Å². The molecule has 6 heteroatoms. The van der Waals surface area contributed by atoms with Crippen LogP contribution in [0.5, 0.6) is 0 Å². The van der Waals surface area contributed by atoms with Crippen molar-refractivity contribution < 1.29 is 14.3 Å². The van der Waals surface area contributed by atoms with Crippen molar-refractivity contribution in [2.24, 2.45) is 5.92 Å². The molecule has 0 aromatic heterocycles. The summed E-state index contributed by atoms with van der Waals surface area (Å²) in [6, 6.07) is 4.81. The molecular formula is C17H21Cl2NO3. The van der Waals surface area contributed by atoms with Crippen LogP contribution in [-0.4, -0.2) is 18.0 Å². The number of hydrogen-bond donors (Lipinski definition) is 1. The first-order chi connectivity index (χ1) is 10.9. The molecule has 1 aliphatic carbocycles. The van der Waals surface area contributed by atoms with Crippen LogP contribution >= 0.6 is 23.2 Å². The van der Waals surface area contributed by atoms with E-state index >= 15 is 0 Å². The molecule has 126 valence electrons. The lowest BCUT2D eigenvalue weighted by Crippen LogP contribution is -2.38. The zero-order valence-corrected chi connectivity index (χ0v) is 14.8. The van der Waals surface area contributed by atoms with Crippen molar-refractivity contribution in [3.8, 4) is 0 Å². The second kappa shape index (κ2) is 8.02. The largest absolute Gasteiger partial charge is 0.452 e. The maximum Gasteiger partial charge on any atom is 0.309 e. The van der Waals surface area contributed by atoms with Gasteiger partial charge in [0.05, 0.1) is 12.0 Å². The highest BCUT2D eigenvalue weighted by Gasteiger charge is 2.28. The number of carbonyl (C=O) groups excluding carboxylic acids is 2. The predicted octanol–water partition coefficient (Wildman–Crippen LogP) is 4.29. The van der Waals surface area contributed by atoms with Crippen molar-refractivity contribution in [3.63, 3.8) is 0 Å². The Morgan fingerprint density at radius 2 is 1.87 bits per heavy atom. The number of nitrogens with one attached hydrogen (secondary N) is 1. The third kappa shape index (κ3) is 4.85. The zero-order chi connectivity index (χ0) is 17.0. The van der Waals surface area contributed by atoms with Gasteiger partial charge in [0.25, 0.3) is 5.91 Å². The van der Waals surface area contributed by atoms with Crippen LogP contribution in [-0.2, 0) is 14.3 Å². The van der Waals surface area contributed by atoms with Gasteiger partial charge in [0.15, 0.2) is 6.10 Å². The topological polar surface area (TPSA) is 55.4 Å². The first-order valence-corrected chi connectivity index (χ1v) is 8.60. The zero-order valence-electron chi connectivity index (χ0n) is 13.3. The molecule has 23 heavy (non-hydrogen) atoms. The van der Waals surface area contributed by atoms with Crippen LogP contribution < -0.4 is 5.32 Å². The minimum Gasteiger partial charge on any atom is -0.452 e. The van der Waals surface area contributed by atoms with E-state index in [9.17, 15) is 9.59 Å². The van der Waals surface area contributed by atoms with Gasteiger partial charge < -0.3 is 10.1 Å². The summed E-state index contributed by atoms with van der Waals surface area (Å²) in [4.78, 5) is 24.2. The van der Waals surface area contributed by atoms with Gasteiger partial charge >= 0.3 is 5.97 Å². The molecule has 0 bridgehead atoms. The molecule has 1 aromatic carbocycles. The predicted molar refractivity (Wildman–Crippen MR) is 90.5 cm³/mol. The van der Waals surface area contributed by atoms with Crippen LogP contribution in [0.2, 0.25) is 10.0 Å². The highest BCUT2D eigenvalue weighted by atomic mass is 35.5. The minimum atomic E-state index is -0.823. The van der Waals surface area contributed by atoms with Gasteiger partial charge in [0.2, 0.25) is 0 Å². The molecule has 0 saturated heterocycles. The van der Waals surface area contributed by atoms with Crippen molar-refractivity contribution in [2.75, 3.05) is 0 Å². The van der Waals surface area contributed by atoms with Crippen molar-refractivity contribution >= 4 is 35.1 Å². The Morgan fingerprint density at radius 3 is 2.48 bits per heavy atom. The van der Waals surface area contributed by atoms with Crippen molar-refractivity contribution in [2.45, 2.75) is 51.7 Å². The van der Waals surface area contributed by atoms with E-state index in [1.54, 1.807) is 25.1 Å². The second-order valence-electron chi connectivity index (χ2n) is 5.96. The molecule has 1 aromatic rings. The Bertz CT molecular complexity index is 585. The highest BCUT2D eigenvalue weighted by molar-refractivity contribution is 6.35. The minimum absolute atomic E-state index is 0.0617. The smallest absolute Gasteiger partial charge is 0.309 e. The van der Waals surface area contributed by atoms with Gasteiger partial charge in [-0.3, -0.25) is 9.59 Å². The average molecular weight is 358 g/mol. The normalized spacial score (nSPS) is 17.6. The summed E-state index contributed by atoms with van der Waals surface area (Å²) in [6.45, 7) is 3.40. The summed E-state index contributed by atoms with van der Waals surface area (Å²) in [5.41, 5.74) is 0.763. The van der Waals surface area contributed by atoms with Gasteiger partial charge in [0, 0.05) is 10.0 Å². The third-order valence-electron chi connectivity index (χ3n) is 4.14. The fourth-order valence-corrected chi connectivity index (χ4v) is 3.32. The van der Waals surface area contributed by atoms with Crippen LogP contribution in [0.15, 0.2) is 18.2 Å². The van der Waals surface area contributed by atoms with Gasteiger partial charge in [-0.25, -0.2) is 0 Å². The van der Waals surface area contributed by atoms with Crippen LogP contribution in [0.3, 0.4) is 0 Å². The summed E-state index contributed by atoms with van der Waals surface area (Å²) in [5, 5.41) is 3.83. The molecule has 0 radical (unpaired) electrons. The van der Waals surface area contributed by atoms with Gasteiger partial charge in [-0.2, -0.15) is 0 Å². The molecule has 1 fully saturated rings. The van der Waals surface area contributed by atoms with E-state index in [1.165, 1.54) is 0 Å². The van der Waals surface area contributed by atoms with E-state index in [2.05, 4.69) is 5.32 Å². The van der Waals surface area contributed by atoms with Gasteiger partial charge in [-0.15, -0.1) is 0 Å². The SMILES string of the molecule is C[C@H](NC(=O)[C@@H](C)OC(=O)C1CCCC1)c1ccc(Cl)cc1Cl. The molecule has 1 saturated carbocycles. The Kier molecular flexibility index (Phi) is 6.31. The van der Waals surface area contributed by atoms with E-state index < -0.39 is 6.10 Å². The Balaban J connectivity index is 1.90. The highest BCUT2D eigenvalue weighted by Crippen LogP contribution is 2.27. The molecule has 0 aliphatic heterocycles. The van der Waals surface area contributed by atoms with Crippen LogP contribution in [0, 0.1) is 5.92 Å². The summed E-state index contributed by atoms with van der Waals surface area (Å²) in [7, 11) is 0. The lowest BCUT2D eigenvalue weighted by Gasteiger charge is -2.20. The second-order valence-corrected chi connectivity index (χ2v) is 6.80. The number of hydrogen-bond acceptors (Lipinski definition) is 3. The number of carbonyl (C=O) groups is 2. The molecular weight excluding hydrogens is 337 g/mol. The fourth-order valence-electron chi connectivity index (χ4n) is 2.75. The van der Waals surface area contributed by atoms with E-state index in [1.807, 2.05) is 6.92 Å². The molecule has 0 heterocycles. The van der Waals surface area contributed by atoms with Crippen LogP contribution in [0.25, 0.3) is 0 Å². The number of esters is 1. The maximum absolute atomic E-state index is 12.2. The monoisotopic (exact) mass is 357 g/mol. The van der Waals surface area contributed by atoms with Crippen molar-refractivity contribution in [1.29, 1.82) is 0 Å². The molecule has 0 spiro atoms. The maximum atomic E-state index is 12.2. The summed E-state index contributed by atoms with van der Waals surface area (Å²) in [6.07, 6.45) is 2.98. The third-order valence-corrected chi connectivity index (χ3v) is 4.70. The van der Waals surface area contributed by atoms with Crippen LogP contribution in [0.4, 0.5) is 0 Å². The fraction of sp³-hybridized carbons (Fsp3) is 0.529. The van der Waals surface area contributed by atoms with Gasteiger partial charge in [-0.1, -0.05) is 42.1 Å². The molecule has 2 atom stereocenters. The Labute approximate surface area is 146 Å². The van der Waals surface area contributed by atoms with Crippen molar-refractivity contribution in [1.82, 2.24) is 5.32 Å². The first kappa shape index (κ1) is 18.1. The molecule has 1 aliphatic rings. The average Bonchev–Trinajstić information content (AvgIpc) is 3.01. The number of amides is 1. The van der Waals surface area contributed by atoms with E-state index in [0.717, 1.165) is 31.2 Å². The molecule has 4 nitrogen and oxygen atoms in total. The summed E-state index contributed by atoms with van der Waals surface area (Å²) in [5.74, 6) is -0.675. The Hall–Kier alpha value is -1.26.